The van der Waals surface area contributed by atoms with Gasteiger partial charge in [0, 0.05) is 12.0 Å². The van der Waals surface area contributed by atoms with Crippen molar-refractivity contribution in [3.05, 3.63) is 95.3 Å². The van der Waals surface area contributed by atoms with Crippen LogP contribution < -0.4 is 4.74 Å². The third kappa shape index (κ3) is 3.68. The molecule has 0 unspecified atom stereocenters. The van der Waals surface area contributed by atoms with Gasteiger partial charge >= 0.3 is 0 Å². The Morgan fingerprint density at radius 2 is 1.80 bits per heavy atom. The number of benzene rings is 3. The average Bonchev–Trinajstić information content (AvgIpc) is 3.20. The highest BCUT2D eigenvalue weighted by Gasteiger charge is 2.38. The summed E-state index contributed by atoms with van der Waals surface area (Å²) in [5, 5.41) is 4.49. The first-order chi connectivity index (χ1) is 14.4. The van der Waals surface area contributed by atoms with Gasteiger partial charge in [0.1, 0.15) is 11.6 Å². The summed E-state index contributed by atoms with van der Waals surface area (Å²) >= 11 is 0. The van der Waals surface area contributed by atoms with Crippen LogP contribution in [0.2, 0.25) is 0 Å². The number of halogens is 1. The van der Waals surface area contributed by atoms with Crippen LogP contribution in [0.25, 0.3) is 0 Å². The molecule has 0 bridgehead atoms. The summed E-state index contributed by atoms with van der Waals surface area (Å²) in [6.45, 7) is 1.74. The molecule has 1 heterocycles. The minimum Gasteiger partial charge on any atom is -0.497 e. The van der Waals surface area contributed by atoms with Gasteiger partial charge in [0.2, 0.25) is 0 Å². The van der Waals surface area contributed by atoms with Gasteiger partial charge in [-0.15, -0.1) is 0 Å². The smallest absolute Gasteiger partial charge is 0.279 e. The van der Waals surface area contributed by atoms with Gasteiger partial charge in [0.25, 0.3) is 10.0 Å². The maximum atomic E-state index is 13.9. The van der Waals surface area contributed by atoms with Crippen LogP contribution in [0, 0.1) is 12.7 Å². The summed E-state index contributed by atoms with van der Waals surface area (Å²) in [4.78, 5) is 0.182. The molecule has 0 saturated heterocycles. The van der Waals surface area contributed by atoms with E-state index in [0.717, 1.165) is 9.98 Å². The Kier molecular flexibility index (Phi) is 5.30. The third-order valence-corrected chi connectivity index (χ3v) is 6.97. The van der Waals surface area contributed by atoms with Gasteiger partial charge in [0.15, 0.2) is 0 Å². The van der Waals surface area contributed by atoms with Crippen molar-refractivity contribution in [2.75, 3.05) is 7.11 Å². The van der Waals surface area contributed by atoms with Crippen molar-refractivity contribution in [2.45, 2.75) is 24.3 Å². The minimum absolute atomic E-state index is 0.182. The average molecular weight is 424 g/mol. The highest BCUT2D eigenvalue weighted by molar-refractivity contribution is 7.89. The first kappa shape index (κ1) is 20.1. The summed E-state index contributed by atoms with van der Waals surface area (Å²) in [5.74, 6) is 0.230. The molecule has 0 fully saturated rings. The van der Waals surface area contributed by atoms with E-state index in [1.165, 1.54) is 12.1 Å². The largest absolute Gasteiger partial charge is 0.497 e. The molecule has 4 rings (SSSR count). The number of hydrogen-bond donors (Lipinski definition) is 0. The number of ether oxygens (including phenoxy) is 1. The summed E-state index contributed by atoms with van der Waals surface area (Å²) in [6, 6.07) is 19.4. The molecule has 0 aromatic heterocycles. The Labute approximate surface area is 175 Å². The molecule has 0 radical (unpaired) electrons. The quantitative estimate of drug-likeness (QED) is 0.597. The maximum Gasteiger partial charge on any atom is 0.279 e. The van der Waals surface area contributed by atoms with Crippen molar-refractivity contribution in [3.63, 3.8) is 0 Å². The second kappa shape index (κ2) is 7.91. The molecular weight excluding hydrogens is 403 g/mol. The van der Waals surface area contributed by atoms with Crippen molar-refractivity contribution >= 4 is 15.7 Å². The van der Waals surface area contributed by atoms with Crippen LogP contribution in [0.15, 0.2) is 82.8 Å². The van der Waals surface area contributed by atoms with Crippen LogP contribution in [0.1, 0.15) is 29.2 Å². The molecule has 0 amide bonds. The van der Waals surface area contributed by atoms with Crippen LogP contribution in [0.5, 0.6) is 5.75 Å². The Balaban J connectivity index is 1.84. The third-order valence-electron chi connectivity index (χ3n) is 5.13. The lowest BCUT2D eigenvalue weighted by atomic mass is 9.99. The van der Waals surface area contributed by atoms with Crippen molar-refractivity contribution in [1.82, 2.24) is 4.41 Å². The van der Waals surface area contributed by atoms with Gasteiger partial charge < -0.3 is 4.74 Å². The van der Waals surface area contributed by atoms with Crippen molar-refractivity contribution in [2.24, 2.45) is 5.10 Å². The van der Waals surface area contributed by atoms with Gasteiger partial charge in [-0.2, -0.15) is 17.9 Å². The zero-order chi connectivity index (χ0) is 21.3. The van der Waals surface area contributed by atoms with Crippen molar-refractivity contribution in [1.29, 1.82) is 0 Å². The van der Waals surface area contributed by atoms with E-state index >= 15 is 0 Å². The zero-order valence-corrected chi connectivity index (χ0v) is 17.4. The van der Waals surface area contributed by atoms with E-state index in [1.54, 1.807) is 50.4 Å². The molecule has 0 aliphatic carbocycles. The van der Waals surface area contributed by atoms with E-state index < -0.39 is 21.9 Å². The summed E-state index contributed by atoms with van der Waals surface area (Å²) < 4.78 is 47.4. The predicted octanol–water partition coefficient (Wildman–Crippen LogP) is 4.68. The molecule has 1 aliphatic rings. The summed E-state index contributed by atoms with van der Waals surface area (Å²) in [7, 11) is -2.37. The Bertz CT molecular complexity index is 1220. The lowest BCUT2D eigenvalue weighted by molar-refractivity contribution is 0.370. The van der Waals surface area contributed by atoms with E-state index in [4.69, 9.17) is 4.74 Å². The number of sulfonamides is 1. The molecule has 0 N–H and O–H groups in total. The van der Waals surface area contributed by atoms with Gasteiger partial charge in [-0.3, -0.25) is 0 Å². The van der Waals surface area contributed by atoms with Crippen molar-refractivity contribution < 1.29 is 17.5 Å². The standard InChI is InChI=1S/C23H21FN2O3S/c1-16-7-3-4-12-23(16)30(27,28)26-22(18-9-5-10-19(24)13-18)15-21(25-26)17-8-6-11-20(14-17)29-2/h3-14,22H,15H2,1-2H3/t22-/m1/s1. The Morgan fingerprint density at radius 3 is 2.53 bits per heavy atom. The lowest BCUT2D eigenvalue weighted by Gasteiger charge is -2.24. The van der Waals surface area contributed by atoms with Gasteiger partial charge in [-0.1, -0.05) is 42.5 Å². The fourth-order valence-electron chi connectivity index (χ4n) is 3.60. The van der Waals surface area contributed by atoms with E-state index in [0.29, 0.717) is 29.0 Å². The second-order valence-corrected chi connectivity index (χ2v) is 8.86. The second-order valence-electron chi connectivity index (χ2n) is 7.10. The van der Waals surface area contributed by atoms with Gasteiger partial charge in [-0.25, -0.2) is 4.39 Å². The van der Waals surface area contributed by atoms with Crippen molar-refractivity contribution in [3.8, 4) is 5.75 Å². The molecule has 154 valence electrons. The molecule has 30 heavy (non-hydrogen) atoms. The number of hydrazone groups is 1. The van der Waals surface area contributed by atoms with Crippen LogP contribution in [-0.4, -0.2) is 25.7 Å². The zero-order valence-electron chi connectivity index (χ0n) is 16.6. The highest BCUT2D eigenvalue weighted by atomic mass is 32.2. The number of rotatable bonds is 5. The number of aryl methyl sites for hydroxylation is 1. The van der Waals surface area contributed by atoms with E-state index in [2.05, 4.69) is 5.10 Å². The molecule has 0 spiro atoms. The molecule has 3 aromatic rings. The molecule has 3 aromatic carbocycles. The fraction of sp³-hybridized carbons (Fsp3) is 0.174. The summed E-state index contributed by atoms with van der Waals surface area (Å²) in [6.07, 6.45) is 0.321. The van der Waals surface area contributed by atoms with Crippen LogP contribution in [0.4, 0.5) is 4.39 Å². The fourth-order valence-corrected chi connectivity index (χ4v) is 5.26. The monoisotopic (exact) mass is 424 g/mol. The first-order valence-electron chi connectivity index (χ1n) is 9.47. The lowest BCUT2D eigenvalue weighted by Crippen LogP contribution is -2.28. The van der Waals surface area contributed by atoms with Gasteiger partial charge in [0.05, 0.1) is 23.8 Å². The number of hydrogen-bond acceptors (Lipinski definition) is 4. The Morgan fingerprint density at radius 1 is 1.03 bits per heavy atom. The Hall–Kier alpha value is -3.19. The number of nitrogens with zero attached hydrogens (tertiary/aromatic N) is 2. The van der Waals surface area contributed by atoms with Gasteiger partial charge in [-0.05, 0) is 48.4 Å². The minimum atomic E-state index is -3.94. The summed E-state index contributed by atoms with van der Waals surface area (Å²) in [5.41, 5.74) is 2.54. The SMILES string of the molecule is COc1cccc(C2=NN(S(=O)(=O)c3ccccc3C)[C@@H](c3cccc(F)c3)C2)c1. The molecule has 0 saturated carbocycles. The topological polar surface area (TPSA) is 59.0 Å². The van der Waals surface area contributed by atoms with E-state index in [1.807, 2.05) is 24.3 Å². The molecular formula is C23H21FN2O3S. The molecule has 5 nitrogen and oxygen atoms in total. The predicted molar refractivity (Wildman–Crippen MR) is 113 cm³/mol. The molecule has 7 heteroatoms. The van der Waals surface area contributed by atoms with E-state index in [9.17, 15) is 12.8 Å². The normalized spacial score (nSPS) is 16.4. The van der Waals surface area contributed by atoms with Crippen LogP contribution >= 0.6 is 0 Å². The molecule has 1 aliphatic heterocycles. The highest BCUT2D eigenvalue weighted by Crippen LogP contribution is 2.38. The maximum absolute atomic E-state index is 13.9. The van der Waals surface area contributed by atoms with E-state index in [-0.39, 0.29) is 4.90 Å². The number of methoxy groups -OCH3 is 1. The first-order valence-corrected chi connectivity index (χ1v) is 10.9. The van der Waals surface area contributed by atoms with Crippen LogP contribution in [-0.2, 0) is 10.0 Å². The van der Waals surface area contributed by atoms with Crippen LogP contribution in [0.3, 0.4) is 0 Å². The molecule has 1 atom stereocenters.